The molecule has 0 radical (unpaired) electrons. The molecule has 1 saturated heterocycles. The number of rotatable bonds is 10. The van der Waals surface area contributed by atoms with Crippen LogP contribution in [-0.4, -0.2) is 70.8 Å². The molecule has 2 atom stereocenters. The van der Waals surface area contributed by atoms with E-state index in [1.807, 2.05) is 90.9 Å². The van der Waals surface area contributed by atoms with Crippen LogP contribution in [0.25, 0.3) is 0 Å². The quantitative estimate of drug-likeness (QED) is 0.356. The third kappa shape index (κ3) is 10.6. The van der Waals surface area contributed by atoms with E-state index in [4.69, 9.17) is 24.3 Å². The SMILES string of the molecule is Cc1cc(C[C@@H]2CN(C(=O)OC(C)(C)C)C[C@@H]2OCCCCO)nc(N(Cc2ccccc2)C(=O)OC(C)(C)C)c1. The topological polar surface area (TPSA) is 101 Å². The third-order valence-corrected chi connectivity index (χ3v) is 6.47. The van der Waals surface area contributed by atoms with Crippen molar-refractivity contribution in [2.24, 2.45) is 5.92 Å². The summed E-state index contributed by atoms with van der Waals surface area (Å²) in [6.45, 7) is 14.9. The lowest BCUT2D eigenvalue weighted by atomic mass is 9.98. The summed E-state index contributed by atoms with van der Waals surface area (Å²) in [5.41, 5.74) is 1.48. The van der Waals surface area contributed by atoms with E-state index in [-0.39, 0.29) is 24.7 Å². The molecule has 0 spiro atoms. The molecule has 0 aliphatic carbocycles. The van der Waals surface area contributed by atoms with Crippen LogP contribution in [0.2, 0.25) is 0 Å². The zero-order valence-electron chi connectivity index (χ0n) is 25.7. The highest BCUT2D eigenvalue weighted by atomic mass is 16.6. The summed E-state index contributed by atoms with van der Waals surface area (Å²) in [5, 5.41) is 9.15. The van der Waals surface area contributed by atoms with Gasteiger partial charge in [-0.25, -0.2) is 14.6 Å². The van der Waals surface area contributed by atoms with Crippen molar-refractivity contribution in [3.05, 3.63) is 59.3 Å². The van der Waals surface area contributed by atoms with E-state index >= 15 is 0 Å². The number of aliphatic hydroxyl groups excluding tert-OH is 1. The molecule has 1 aliphatic rings. The van der Waals surface area contributed by atoms with Crippen LogP contribution in [0, 0.1) is 12.8 Å². The predicted octanol–water partition coefficient (Wildman–Crippen LogP) is 5.90. The Kier molecular flexibility index (Phi) is 11.2. The molecule has 0 saturated carbocycles. The molecule has 2 aromatic rings. The van der Waals surface area contributed by atoms with Crippen LogP contribution in [-0.2, 0) is 27.2 Å². The number of aromatic nitrogens is 1. The van der Waals surface area contributed by atoms with Gasteiger partial charge in [0, 0.05) is 31.4 Å². The summed E-state index contributed by atoms with van der Waals surface area (Å²) in [6.07, 6.45) is 0.944. The molecule has 226 valence electrons. The van der Waals surface area contributed by atoms with Gasteiger partial charge < -0.3 is 24.2 Å². The van der Waals surface area contributed by atoms with Gasteiger partial charge in [-0.1, -0.05) is 30.3 Å². The number of carbonyl (C=O) groups is 2. The number of likely N-dealkylation sites (tertiary alicyclic amines) is 1. The molecule has 9 nitrogen and oxygen atoms in total. The monoisotopic (exact) mass is 569 g/mol. The maximum absolute atomic E-state index is 13.4. The fourth-order valence-corrected chi connectivity index (χ4v) is 4.70. The molecular weight excluding hydrogens is 522 g/mol. The van der Waals surface area contributed by atoms with Crippen LogP contribution in [0.15, 0.2) is 42.5 Å². The van der Waals surface area contributed by atoms with Crippen LogP contribution in [0.4, 0.5) is 15.4 Å². The Balaban J connectivity index is 1.86. The zero-order chi connectivity index (χ0) is 30.2. The Morgan fingerprint density at radius 2 is 1.68 bits per heavy atom. The first-order valence-corrected chi connectivity index (χ1v) is 14.5. The molecule has 1 aromatic carbocycles. The van der Waals surface area contributed by atoms with Gasteiger partial charge in [-0.15, -0.1) is 0 Å². The van der Waals surface area contributed by atoms with Crippen molar-refractivity contribution in [3.8, 4) is 0 Å². The average molecular weight is 570 g/mol. The number of unbranched alkanes of at least 4 members (excludes halogenated alkanes) is 1. The van der Waals surface area contributed by atoms with Crippen molar-refractivity contribution in [1.29, 1.82) is 0 Å². The number of pyridine rings is 1. The molecular formula is C32H47N3O6. The Morgan fingerprint density at radius 1 is 1.00 bits per heavy atom. The van der Waals surface area contributed by atoms with Crippen molar-refractivity contribution in [1.82, 2.24) is 9.88 Å². The van der Waals surface area contributed by atoms with Crippen molar-refractivity contribution >= 4 is 18.0 Å². The second-order valence-electron chi connectivity index (χ2n) is 12.7. The Morgan fingerprint density at radius 3 is 2.32 bits per heavy atom. The number of benzene rings is 1. The zero-order valence-corrected chi connectivity index (χ0v) is 25.7. The van der Waals surface area contributed by atoms with Gasteiger partial charge in [0.05, 0.1) is 19.2 Å². The van der Waals surface area contributed by atoms with Gasteiger partial charge in [0.2, 0.25) is 0 Å². The first-order valence-electron chi connectivity index (χ1n) is 14.5. The summed E-state index contributed by atoms with van der Waals surface area (Å²) in [4.78, 5) is 34.4. The molecule has 41 heavy (non-hydrogen) atoms. The van der Waals surface area contributed by atoms with E-state index in [9.17, 15) is 9.59 Å². The molecule has 3 rings (SSSR count). The minimum absolute atomic E-state index is 0.0112. The first-order chi connectivity index (χ1) is 19.2. The lowest BCUT2D eigenvalue weighted by Crippen LogP contribution is -2.37. The van der Waals surface area contributed by atoms with Crippen molar-refractivity contribution in [3.63, 3.8) is 0 Å². The van der Waals surface area contributed by atoms with Crippen LogP contribution in [0.5, 0.6) is 0 Å². The third-order valence-electron chi connectivity index (χ3n) is 6.47. The largest absolute Gasteiger partial charge is 0.444 e. The molecule has 1 N–H and O–H groups in total. The van der Waals surface area contributed by atoms with Gasteiger partial charge in [0.25, 0.3) is 0 Å². The summed E-state index contributed by atoms with van der Waals surface area (Å²) in [7, 11) is 0. The highest BCUT2D eigenvalue weighted by molar-refractivity contribution is 5.86. The number of ether oxygens (including phenoxy) is 3. The first kappa shape index (κ1) is 32.3. The second-order valence-corrected chi connectivity index (χ2v) is 12.7. The van der Waals surface area contributed by atoms with Crippen LogP contribution in [0.3, 0.4) is 0 Å². The van der Waals surface area contributed by atoms with E-state index in [0.717, 1.165) is 23.2 Å². The number of nitrogens with zero attached hydrogens (tertiary/aromatic N) is 3. The number of hydrogen-bond acceptors (Lipinski definition) is 7. The van der Waals surface area contributed by atoms with Gasteiger partial charge >= 0.3 is 12.2 Å². The minimum atomic E-state index is -0.659. The lowest BCUT2D eigenvalue weighted by Gasteiger charge is -2.27. The fourth-order valence-electron chi connectivity index (χ4n) is 4.70. The van der Waals surface area contributed by atoms with Gasteiger partial charge in [-0.05, 0) is 91.0 Å². The van der Waals surface area contributed by atoms with Crippen molar-refractivity contribution in [2.75, 3.05) is 31.2 Å². The maximum atomic E-state index is 13.4. The van der Waals surface area contributed by atoms with E-state index in [1.54, 1.807) is 9.80 Å². The van der Waals surface area contributed by atoms with Gasteiger partial charge in [0.1, 0.15) is 17.0 Å². The lowest BCUT2D eigenvalue weighted by molar-refractivity contribution is 0.0165. The van der Waals surface area contributed by atoms with E-state index < -0.39 is 17.3 Å². The van der Waals surface area contributed by atoms with E-state index in [2.05, 4.69) is 0 Å². The van der Waals surface area contributed by atoms with Crippen molar-refractivity contribution < 1.29 is 28.9 Å². The maximum Gasteiger partial charge on any atom is 0.416 e. The van der Waals surface area contributed by atoms with Crippen LogP contribution < -0.4 is 4.90 Å². The Hall–Kier alpha value is -3.17. The fraction of sp³-hybridized carbons (Fsp3) is 0.594. The number of aliphatic hydroxyl groups is 1. The number of anilines is 1. The smallest absolute Gasteiger partial charge is 0.416 e. The molecule has 0 unspecified atom stereocenters. The normalized spacial score (nSPS) is 17.4. The molecule has 1 fully saturated rings. The van der Waals surface area contributed by atoms with Gasteiger partial charge in [-0.3, -0.25) is 4.90 Å². The minimum Gasteiger partial charge on any atom is -0.444 e. The highest BCUT2D eigenvalue weighted by Gasteiger charge is 2.38. The van der Waals surface area contributed by atoms with Crippen molar-refractivity contribution in [2.45, 2.75) is 91.6 Å². The number of amides is 2. The average Bonchev–Trinajstić information content (AvgIpc) is 3.26. The summed E-state index contributed by atoms with van der Waals surface area (Å²) in [6, 6.07) is 13.7. The van der Waals surface area contributed by atoms with E-state index in [0.29, 0.717) is 44.9 Å². The highest BCUT2D eigenvalue weighted by Crippen LogP contribution is 2.28. The predicted molar refractivity (Wildman–Crippen MR) is 159 cm³/mol. The Labute approximate surface area is 244 Å². The molecule has 1 aliphatic heterocycles. The second kappa shape index (κ2) is 14.1. The number of aryl methyl sites for hydroxylation is 1. The summed E-state index contributed by atoms with van der Waals surface area (Å²) < 4.78 is 17.6. The molecule has 9 heteroatoms. The number of carbonyl (C=O) groups excluding carboxylic acids is 2. The Bertz CT molecular complexity index is 1140. The summed E-state index contributed by atoms with van der Waals surface area (Å²) >= 11 is 0. The molecule has 1 aromatic heterocycles. The molecule has 2 heterocycles. The molecule has 2 amide bonds. The van der Waals surface area contributed by atoms with Crippen LogP contribution >= 0.6 is 0 Å². The number of hydrogen-bond donors (Lipinski definition) is 1. The van der Waals surface area contributed by atoms with Gasteiger partial charge in [0.15, 0.2) is 0 Å². The van der Waals surface area contributed by atoms with Crippen LogP contribution in [0.1, 0.15) is 71.2 Å². The van der Waals surface area contributed by atoms with Gasteiger partial charge in [-0.2, -0.15) is 0 Å². The molecule has 0 bridgehead atoms. The summed E-state index contributed by atoms with van der Waals surface area (Å²) in [5.74, 6) is 0.503. The van der Waals surface area contributed by atoms with E-state index in [1.165, 1.54) is 0 Å². The standard InChI is InChI=1S/C32H47N3O6/c1-23-17-26(19-25-21-34(29(37)40-31(2,3)4)22-27(25)39-16-12-11-15-36)33-28(18-23)35(30(38)41-32(5,6)7)20-24-13-9-8-10-14-24/h8-10,13-14,17-18,25,27,36H,11-12,15-16,19-22H2,1-7H3/t25-,27+/m1/s1.